The topological polar surface area (TPSA) is 116 Å². The Bertz CT molecular complexity index is 148. The Morgan fingerprint density at radius 3 is 1.64 bits per heavy atom. The van der Waals surface area contributed by atoms with Crippen molar-refractivity contribution < 1.29 is 33.0 Å². The largest absolute Gasteiger partial charge is 0.394 e. The van der Waals surface area contributed by atoms with Crippen LogP contribution in [0.5, 0.6) is 0 Å². The van der Waals surface area contributed by atoms with Gasteiger partial charge in [0.25, 0.3) is 0 Å². The Hall–Kier alpha value is -0.0900. The third kappa shape index (κ3) is 7.33. The fraction of sp³-hybridized carbons (Fsp3) is 1.00. The number of rotatable bonds is 8. The molecular weight excluding hydrogens is 216 g/mol. The first-order chi connectivity index (χ1) is 6.60. The van der Waals surface area contributed by atoms with E-state index < -0.39 is 36.8 Å². The van der Waals surface area contributed by atoms with Crippen LogP contribution in [0.25, 0.3) is 0 Å². The van der Waals surface area contributed by atoms with E-state index in [0.717, 1.165) is 0 Å². The van der Waals surface area contributed by atoms with Crippen LogP contribution < -0.4 is 0 Å². The molecule has 0 aliphatic heterocycles. The van der Waals surface area contributed by atoms with E-state index in [1.54, 1.807) is 0 Å². The Balaban J connectivity index is 3.46. The van der Waals surface area contributed by atoms with Crippen LogP contribution in [-0.2, 0) is 19.7 Å². The van der Waals surface area contributed by atoms with Gasteiger partial charge >= 0.3 is 11.4 Å². The molecule has 0 amide bonds. The van der Waals surface area contributed by atoms with Crippen molar-refractivity contribution in [1.29, 1.82) is 0 Å². The van der Waals surface area contributed by atoms with Gasteiger partial charge in [-0.3, -0.25) is 8.37 Å². The summed E-state index contributed by atoms with van der Waals surface area (Å²) in [6.45, 7) is -1.68. The van der Waals surface area contributed by atoms with E-state index in [2.05, 4.69) is 8.37 Å². The highest BCUT2D eigenvalue weighted by atomic mass is 32.2. The molecule has 86 valence electrons. The summed E-state index contributed by atoms with van der Waals surface area (Å²) in [7, 11) is 0. The quantitative estimate of drug-likeness (QED) is 0.358. The standard InChI is InChI=1S/C6H14O7S/c7-1-5(9)3-12-14(11)13-4-6(10)2-8/h5-10H,1-4H2. The van der Waals surface area contributed by atoms with Crippen LogP contribution in [-0.4, -0.2) is 63.3 Å². The molecule has 0 aromatic carbocycles. The fourth-order valence-corrected chi connectivity index (χ4v) is 1.01. The third-order valence-electron chi connectivity index (χ3n) is 1.13. The van der Waals surface area contributed by atoms with Crippen molar-refractivity contribution in [3.05, 3.63) is 0 Å². The number of hydrogen-bond acceptors (Lipinski definition) is 7. The van der Waals surface area contributed by atoms with Gasteiger partial charge in [-0.25, -0.2) is 0 Å². The maximum atomic E-state index is 10.8. The molecule has 2 unspecified atom stereocenters. The van der Waals surface area contributed by atoms with Gasteiger partial charge in [-0.1, -0.05) is 0 Å². The van der Waals surface area contributed by atoms with E-state index in [-0.39, 0.29) is 13.2 Å². The smallest absolute Gasteiger partial charge is 0.304 e. The lowest BCUT2D eigenvalue weighted by molar-refractivity contribution is 0.0386. The van der Waals surface area contributed by atoms with Crippen molar-refractivity contribution in [2.75, 3.05) is 26.4 Å². The average molecular weight is 230 g/mol. The zero-order valence-electron chi connectivity index (χ0n) is 7.40. The molecule has 0 saturated carbocycles. The molecule has 4 N–H and O–H groups in total. The molecule has 0 fully saturated rings. The highest BCUT2D eigenvalue weighted by Gasteiger charge is 2.09. The number of hydrogen-bond donors (Lipinski definition) is 4. The van der Waals surface area contributed by atoms with E-state index in [0.29, 0.717) is 0 Å². The van der Waals surface area contributed by atoms with Gasteiger partial charge in [0.05, 0.1) is 26.4 Å². The van der Waals surface area contributed by atoms with Crippen LogP contribution in [0.3, 0.4) is 0 Å². The minimum Gasteiger partial charge on any atom is -0.394 e. The molecule has 7 nitrogen and oxygen atoms in total. The highest BCUT2D eigenvalue weighted by Crippen LogP contribution is 1.94. The van der Waals surface area contributed by atoms with Crippen LogP contribution in [0.1, 0.15) is 0 Å². The van der Waals surface area contributed by atoms with Gasteiger partial charge < -0.3 is 20.4 Å². The molecular formula is C6H14O7S. The summed E-state index contributed by atoms with van der Waals surface area (Å²) in [5, 5.41) is 34.3. The molecule has 0 spiro atoms. The van der Waals surface area contributed by atoms with Gasteiger partial charge in [-0.15, -0.1) is 0 Å². The lowest BCUT2D eigenvalue weighted by atomic mass is 10.4. The lowest BCUT2D eigenvalue weighted by Gasteiger charge is -2.08. The molecule has 0 bridgehead atoms. The predicted molar refractivity (Wildman–Crippen MR) is 46.2 cm³/mol. The summed E-state index contributed by atoms with van der Waals surface area (Å²) in [5.41, 5.74) is 0. The minimum absolute atomic E-state index is 0.335. The van der Waals surface area contributed by atoms with E-state index in [9.17, 15) is 4.21 Å². The van der Waals surface area contributed by atoms with Crippen molar-refractivity contribution in [3.8, 4) is 0 Å². The summed E-state index contributed by atoms with van der Waals surface area (Å²) in [5.74, 6) is 0. The van der Waals surface area contributed by atoms with Crippen LogP contribution in [0.2, 0.25) is 0 Å². The summed E-state index contributed by atoms with van der Waals surface area (Å²) < 4.78 is 19.6. The first-order valence-corrected chi connectivity index (χ1v) is 4.86. The Morgan fingerprint density at radius 1 is 1.00 bits per heavy atom. The molecule has 0 aliphatic rings. The predicted octanol–water partition coefficient (Wildman–Crippen LogP) is -2.70. The summed E-state index contributed by atoms with van der Waals surface area (Å²) in [6, 6.07) is 0. The van der Waals surface area contributed by atoms with Gasteiger partial charge in [0.2, 0.25) is 0 Å². The highest BCUT2D eigenvalue weighted by molar-refractivity contribution is 7.75. The molecule has 0 aromatic rings. The van der Waals surface area contributed by atoms with E-state index in [4.69, 9.17) is 20.4 Å². The zero-order chi connectivity index (χ0) is 11.0. The Morgan fingerprint density at radius 2 is 1.36 bits per heavy atom. The van der Waals surface area contributed by atoms with Crippen LogP contribution >= 0.6 is 0 Å². The first kappa shape index (κ1) is 13.9. The average Bonchev–Trinajstić information content (AvgIpc) is 2.22. The lowest BCUT2D eigenvalue weighted by Crippen LogP contribution is -2.23. The van der Waals surface area contributed by atoms with Crippen molar-refractivity contribution in [3.63, 3.8) is 0 Å². The van der Waals surface area contributed by atoms with Gasteiger partial charge in [0, 0.05) is 0 Å². The molecule has 0 saturated heterocycles. The van der Waals surface area contributed by atoms with Gasteiger partial charge in [0.1, 0.15) is 12.2 Å². The third-order valence-corrected chi connectivity index (χ3v) is 1.79. The van der Waals surface area contributed by atoms with E-state index in [1.165, 1.54) is 0 Å². The molecule has 0 aromatic heterocycles. The number of aliphatic hydroxyl groups excluding tert-OH is 4. The molecule has 0 heterocycles. The van der Waals surface area contributed by atoms with E-state index >= 15 is 0 Å². The normalized spacial score (nSPS) is 17.7. The van der Waals surface area contributed by atoms with Crippen molar-refractivity contribution in [2.45, 2.75) is 12.2 Å². The maximum absolute atomic E-state index is 10.8. The number of aliphatic hydroxyl groups is 4. The molecule has 2 atom stereocenters. The summed E-state index contributed by atoms with van der Waals surface area (Å²) in [6.07, 6.45) is -2.24. The van der Waals surface area contributed by atoms with Crippen LogP contribution in [0.15, 0.2) is 0 Å². The van der Waals surface area contributed by atoms with Gasteiger partial charge in [0.15, 0.2) is 0 Å². The fourth-order valence-electron chi connectivity index (χ4n) is 0.408. The monoisotopic (exact) mass is 230 g/mol. The van der Waals surface area contributed by atoms with E-state index in [1.807, 2.05) is 0 Å². The zero-order valence-corrected chi connectivity index (χ0v) is 8.22. The Kier molecular flexibility index (Phi) is 8.18. The van der Waals surface area contributed by atoms with Crippen LogP contribution in [0.4, 0.5) is 0 Å². The Labute approximate surface area is 83.8 Å². The maximum Gasteiger partial charge on any atom is 0.304 e. The van der Waals surface area contributed by atoms with Crippen molar-refractivity contribution in [2.24, 2.45) is 0 Å². The second kappa shape index (κ2) is 8.24. The summed E-state index contributed by atoms with van der Waals surface area (Å²) >= 11 is -2.11. The SMILES string of the molecule is O=S(OCC(O)CO)OCC(O)CO. The van der Waals surface area contributed by atoms with Gasteiger partial charge in [-0.05, 0) is 0 Å². The minimum atomic E-state index is -2.11. The van der Waals surface area contributed by atoms with Crippen molar-refractivity contribution >= 4 is 11.4 Å². The molecule has 0 radical (unpaired) electrons. The molecule has 14 heavy (non-hydrogen) atoms. The summed E-state index contributed by atoms with van der Waals surface area (Å²) in [4.78, 5) is 0. The second-order valence-corrected chi connectivity index (χ2v) is 3.33. The second-order valence-electron chi connectivity index (χ2n) is 2.45. The van der Waals surface area contributed by atoms with Crippen LogP contribution in [0, 0.1) is 0 Å². The molecule has 0 aliphatic carbocycles. The molecule has 0 rings (SSSR count). The van der Waals surface area contributed by atoms with Crippen molar-refractivity contribution in [1.82, 2.24) is 0 Å². The molecule has 8 heteroatoms. The van der Waals surface area contributed by atoms with Gasteiger partial charge in [-0.2, -0.15) is 4.21 Å². The first-order valence-electron chi connectivity index (χ1n) is 3.86.